The van der Waals surface area contributed by atoms with E-state index in [1.54, 1.807) is 7.11 Å². The Morgan fingerprint density at radius 3 is 2.77 bits per heavy atom. The monoisotopic (exact) mass is 359 g/mol. The van der Waals surface area contributed by atoms with Gasteiger partial charge in [-0.1, -0.05) is 12.1 Å². The molecule has 1 unspecified atom stereocenters. The highest BCUT2D eigenvalue weighted by Crippen LogP contribution is 2.26. The molecule has 1 saturated heterocycles. The molecular formula is C19H18FNO5. The van der Waals surface area contributed by atoms with Gasteiger partial charge in [0.05, 0.1) is 31.4 Å². The van der Waals surface area contributed by atoms with Crippen molar-refractivity contribution in [3.63, 3.8) is 0 Å². The Labute approximate surface area is 149 Å². The maximum absolute atomic E-state index is 14.2. The highest BCUT2D eigenvalue weighted by atomic mass is 19.1. The van der Waals surface area contributed by atoms with Crippen molar-refractivity contribution >= 4 is 11.9 Å². The molecule has 0 bridgehead atoms. The van der Waals surface area contributed by atoms with Gasteiger partial charge in [0.1, 0.15) is 17.7 Å². The largest absolute Gasteiger partial charge is 0.497 e. The first-order valence-electron chi connectivity index (χ1n) is 8.07. The minimum atomic E-state index is -1.24. The van der Waals surface area contributed by atoms with Gasteiger partial charge in [-0.15, -0.1) is 0 Å². The lowest BCUT2D eigenvalue weighted by Crippen LogP contribution is -2.42. The fourth-order valence-electron chi connectivity index (χ4n) is 2.87. The van der Waals surface area contributed by atoms with Gasteiger partial charge in [0.25, 0.3) is 5.91 Å². The van der Waals surface area contributed by atoms with Gasteiger partial charge in [0, 0.05) is 6.54 Å². The maximum atomic E-state index is 14.2. The molecule has 3 rings (SSSR count). The number of morpholine rings is 1. The average Bonchev–Trinajstić information content (AvgIpc) is 2.67. The van der Waals surface area contributed by atoms with Crippen LogP contribution in [0.15, 0.2) is 42.5 Å². The number of halogens is 1. The van der Waals surface area contributed by atoms with Gasteiger partial charge < -0.3 is 19.5 Å². The molecule has 26 heavy (non-hydrogen) atoms. The fourth-order valence-corrected chi connectivity index (χ4v) is 2.87. The first kappa shape index (κ1) is 17.9. The van der Waals surface area contributed by atoms with Crippen molar-refractivity contribution < 1.29 is 28.6 Å². The topological polar surface area (TPSA) is 76.1 Å². The summed E-state index contributed by atoms with van der Waals surface area (Å²) in [7, 11) is 1.57. The number of hydrogen-bond donors (Lipinski definition) is 1. The zero-order valence-electron chi connectivity index (χ0n) is 14.1. The Morgan fingerprint density at radius 1 is 1.27 bits per heavy atom. The summed E-state index contributed by atoms with van der Waals surface area (Å²) in [6, 6.07) is 10.6. The first-order valence-corrected chi connectivity index (χ1v) is 8.07. The zero-order valence-corrected chi connectivity index (χ0v) is 14.1. The SMILES string of the molecule is COc1cccc(C2CN(C(=O)c3ccc(C(=O)O)cc3F)CCO2)c1. The van der Waals surface area contributed by atoms with E-state index in [2.05, 4.69) is 0 Å². The van der Waals surface area contributed by atoms with Crippen LogP contribution in [0.3, 0.4) is 0 Å². The quantitative estimate of drug-likeness (QED) is 0.908. The Balaban J connectivity index is 1.78. The van der Waals surface area contributed by atoms with E-state index >= 15 is 0 Å². The van der Waals surface area contributed by atoms with Crippen molar-refractivity contribution in [2.45, 2.75) is 6.10 Å². The van der Waals surface area contributed by atoms with E-state index in [1.807, 2.05) is 24.3 Å². The molecular weight excluding hydrogens is 341 g/mol. The minimum Gasteiger partial charge on any atom is -0.497 e. The van der Waals surface area contributed by atoms with Crippen LogP contribution in [0.25, 0.3) is 0 Å². The minimum absolute atomic E-state index is 0.152. The molecule has 0 aromatic heterocycles. The number of methoxy groups -OCH3 is 1. The predicted octanol–water partition coefficient (Wildman–Crippen LogP) is 2.75. The number of carbonyl (C=O) groups excluding carboxylic acids is 1. The molecule has 1 N–H and O–H groups in total. The highest BCUT2D eigenvalue weighted by molar-refractivity contribution is 5.96. The molecule has 1 aliphatic heterocycles. The van der Waals surface area contributed by atoms with E-state index in [4.69, 9.17) is 14.6 Å². The van der Waals surface area contributed by atoms with Crippen molar-refractivity contribution in [1.29, 1.82) is 0 Å². The third-order valence-electron chi connectivity index (χ3n) is 4.27. The molecule has 0 radical (unpaired) electrons. The second-order valence-corrected chi connectivity index (χ2v) is 5.89. The maximum Gasteiger partial charge on any atom is 0.335 e. The highest BCUT2D eigenvalue weighted by Gasteiger charge is 2.28. The van der Waals surface area contributed by atoms with Crippen LogP contribution in [0.4, 0.5) is 4.39 Å². The van der Waals surface area contributed by atoms with Crippen molar-refractivity contribution in [1.82, 2.24) is 4.90 Å². The van der Waals surface area contributed by atoms with Gasteiger partial charge in [0.2, 0.25) is 0 Å². The lowest BCUT2D eigenvalue weighted by atomic mass is 10.1. The number of hydrogen-bond acceptors (Lipinski definition) is 4. The Bertz CT molecular complexity index is 838. The second-order valence-electron chi connectivity index (χ2n) is 5.89. The summed E-state index contributed by atoms with van der Waals surface area (Å²) < 4.78 is 25.1. The van der Waals surface area contributed by atoms with Gasteiger partial charge in [-0.05, 0) is 35.9 Å². The van der Waals surface area contributed by atoms with Crippen LogP contribution in [0.2, 0.25) is 0 Å². The molecule has 6 nitrogen and oxygen atoms in total. The van der Waals surface area contributed by atoms with Crippen molar-refractivity contribution in [2.75, 3.05) is 26.8 Å². The number of carbonyl (C=O) groups is 2. The van der Waals surface area contributed by atoms with Crippen molar-refractivity contribution in [3.8, 4) is 5.75 Å². The summed E-state index contributed by atoms with van der Waals surface area (Å²) in [6.07, 6.45) is -0.343. The molecule has 1 aliphatic rings. The molecule has 1 fully saturated rings. The molecule has 136 valence electrons. The summed E-state index contributed by atoms with van der Waals surface area (Å²) in [6.45, 7) is 0.925. The summed E-state index contributed by atoms with van der Waals surface area (Å²) in [4.78, 5) is 25.1. The average molecular weight is 359 g/mol. The molecule has 0 spiro atoms. The van der Waals surface area contributed by atoms with Crippen molar-refractivity contribution in [2.24, 2.45) is 0 Å². The summed E-state index contributed by atoms with van der Waals surface area (Å²) in [5.74, 6) is -1.90. The van der Waals surface area contributed by atoms with Crippen LogP contribution in [-0.4, -0.2) is 48.7 Å². The molecule has 2 aromatic rings. The number of ether oxygens (including phenoxy) is 2. The van der Waals surface area contributed by atoms with Gasteiger partial charge in [-0.3, -0.25) is 4.79 Å². The number of aromatic carboxylic acids is 1. The number of amides is 1. The van der Waals surface area contributed by atoms with Gasteiger partial charge in [0.15, 0.2) is 0 Å². The molecule has 0 saturated carbocycles. The van der Waals surface area contributed by atoms with E-state index in [9.17, 15) is 14.0 Å². The van der Waals surface area contributed by atoms with Gasteiger partial charge in [-0.25, -0.2) is 9.18 Å². The van der Waals surface area contributed by atoms with Gasteiger partial charge in [-0.2, -0.15) is 0 Å². The van der Waals surface area contributed by atoms with Crippen LogP contribution >= 0.6 is 0 Å². The number of nitrogens with zero attached hydrogens (tertiary/aromatic N) is 1. The molecule has 7 heteroatoms. The second kappa shape index (κ2) is 7.53. The normalized spacial score (nSPS) is 17.0. The summed E-state index contributed by atoms with van der Waals surface area (Å²) >= 11 is 0. The summed E-state index contributed by atoms with van der Waals surface area (Å²) in [5.41, 5.74) is 0.514. The molecule has 1 heterocycles. The standard InChI is InChI=1S/C19H18FNO5/c1-25-14-4-2-3-12(9-14)17-11-21(7-8-26-17)18(22)15-6-5-13(19(23)24)10-16(15)20/h2-6,9-10,17H,7-8,11H2,1H3,(H,23,24). The smallest absolute Gasteiger partial charge is 0.335 e. The lowest BCUT2D eigenvalue weighted by molar-refractivity contribution is -0.0230. The van der Waals surface area contributed by atoms with Crippen molar-refractivity contribution in [3.05, 3.63) is 65.0 Å². The van der Waals surface area contributed by atoms with E-state index in [-0.39, 0.29) is 23.8 Å². The third-order valence-corrected chi connectivity index (χ3v) is 4.27. The Kier molecular flexibility index (Phi) is 5.18. The van der Waals surface area contributed by atoms with Crippen LogP contribution in [0.5, 0.6) is 5.75 Å². The first-order chi connectivity index (χ1) is 12.5. The van der Waals surface area contributed by atoms with E-state index in [1.165, 1.54) is 17.0 Å². The number of benzene rings is 2. The van der Waals surface area contributed by atoms with E-state index < -0.39 is 17.7 Å². The van der Waals surface area contributed by atoms with E-state index in [0.717, 1.165) is 11.6 Å². The molecule has 2 aromatic carbocycles. The van der Waals surface area contributed by atoms with E-state index in [0.29, 0.717) is 18.9 Å². The molecule has 1 atom stereocenters. The fraction of sp³-hybridized carbons (Fsp3) is 0.263. The van der Waals surface area contributed by atoms with Crippen LogP contribution < -0.4 is 4.74 Å². The molecule has 1 amide bonds. The van der Waals surface area contributed by atoms with Crippen LogP contribution in [-0.2, 0) is 4.74 Å². The van der Waals surface area contributed by atoms with Crippen LogP contribution in [0.1, 0.15) is 32.4 Å². The van der Waals surface area contributed by atoms with Crippen LogP contribution in [0, 0.1) is 5.82 Å². The Hall–Kier alpha value is -2.93. The lowest BCUT2D eigenvalue weighted by Gasteiger charge is -2.33. The number of rotatable bonds is 4. The number of carboxylic acids is 1. The summed E-state index contributed by atoms with van der Waals surface area (Å²) in [5, 5.41) is 8.90. The van der Waals surface area contributed by atoms with Gasteiger partial charge >= 0.3 is 5.97 Å². The third kappa shape index (κ3) is 3.67. The Morgan fingerprint density at radius 2 is 2.08 bits per heavy atom. The zero-order chi connectivity index (χ0) is 18.7. The number of carboxylic acid groups (broad SMARTS) is 1. The molecule has 0 aliphatic carbocycles. The predicted molar refractivity (Wildman–Crippen MR) is 90.9 cm³/mol.